The zero-order valence-electron chi connectivity index (χ0n) is 15.2. The molecule has 5 nitrogen and oxygen atoms in total. The summed E-state index contributed by atoms with van der Waals surface area (Å²) in [5, 5.41) is 12.3. The molecule has 1 aromatic rings. The first kappa shape index (κ1) is 17.7. The topological polar surface area (TPSA) is 73.2 Å². The zero-order valence-corrected chi connectivity index (χ0v) is 15.2. The highest BCUT2D eigenvalue weighted by Gasteiger charge is 2.53. The molecular formula is C22H23N3O2. The summed E-state index contributed by atoms with van der Waals surface area (Å²) in [6.07, 6.45) is 9.58. The Hall–Kier alpha value is -2.71. The molecule has 0 spiro atoms. The van der Waals surface area contributed by atoms with Crippen molar-refractivity contribution in [1.29, 1.82) is 5.26 Å². The van der Waals surface area contributed by atoms with Crippen LogP contribution in [0.25, 0.3) is 0 Å². The Morgan fingerprint density at radius 3 is 2.59 bits per heavy atom. The third-order valence-electron chi connectivity index (χ3n) is 6.40. The van der Waals surface area contributed by atoms with Gasteiger partial charge in [0.1, 0.15) is 0 Å². The van der Waals surface area contributed by atoms with Gasteiger partial charge in [0.15, 0.2) is 0 Å². The van der Waals surface area contributed by atoms with Crippen LogP contribution in [-0.2, 0) is 15.0 Å². The van der Waals surface area contributed by atoms with Crippen LogP contribution in [-0.4, -0.2) is 36.3 Å². The van der Waals surface area contributed by atoms with Crippen LogP contribution >= 0.6 is 0 Å². The molecule has 4 rings (SSSR count). The van der Waals surface area contributed by atoms with Crippen molar-refractivity contribution in [2.45, 2.75) is 24.7 Å². The van der Waals surface area contributed by atoms with Gasteiger partial charge in [-0.3, -0.25) is 14.9 Å². The Bertz CT molecular complexity index is 844. The number of likely N-dealkylation sites (tertiary alicyclic amines) is 1. The number of hydrogen-bond acceptors (Lipinski definition) is 4. The molecule has 1 aliphatic carbocycles. The van der Waals surface area contributed by atoms with E-state index in [2.05, 4.69) is 16.3 Å². The van der Waals surface area contributed by atoms with Crippen LogP contribution in [0, 0.1) is 22.7 Å². The monoisotopic (exact) mass is 361 g/mol. The van der Waals surface area contributed by atoms with Crippen LogP contribution in [0.1, 0.15) is 24.8 Å². The maximum Gasteiger partial charge on any atom is 0.237 e. The van der Waals surface area contributed by atoms with Crippen LogP contribution in [0.2, 0.25) is 0 Å². The summed E-state index contributed by atoms with van der Waals surface area (Å²) in [5.74, 6) is -0.792. The minimum absolute atomic E-state index is 0.189. The Morgan fingerprint density at radius 2 is 1.89 bits per heavy atom. The molecule has 2 saturated heterocycles. The minimum atomic E-state index is -0.755. The van der Waals surface area contributed by atoms with E-state index in [4.69, 9.17) is 0 Å². The van der Waals surface area contributed by atoms with Gasteiger partial charge in [-0.2, -0.15) is 5.26 Å². The van der Waals surface area contributed by atoms with E-state index in [9.17, 15) is 14.9 Å². The smallest absolute Gasteiger partial charge is 0.237 e. The van der Waals surface area contributed by atoms with Gasteiger partial charge in [-0.15, -0.1) is 0 Å². The second kappa shape index (κ2) is 6.79. The first-order valence-corrected chi connectivity index (χ1v) is 9.50. The van der Waals surface area contributed by atoms with Gasteiger partial charge < -0.3 is 4.90 Å². The molecule has 2 aliphatic heterocycles. The van der Waals surface area contributed by atoms with Gasteiger partial charge in [-0.25, -0.2) is 0 Å². The summed E-state index contributed by atoms with van der Waals surface area (Å²) in [6.45, 7) is 2.38. The highest BCUT2D eigenvalue weighted by Crippen LogP contribution is 2.42. The van der Waals surface area contributed by atoms with Crippen molar-refractivity contribution in [3.8, 4) is 6.07 Å². The second-order valence-corrected chi connectivity index (χ2v) is 7.73. The molecule has 0 saturated carbocycles. The van der Waals surface area contributed by atoms with Crippen molar-refractivity contribution in [3.05, 3.63) is 60.2 Å². The SMILES string of the molecule is N#CC1(c2ccccc2)CCN(CCC23C=CC=CC2C(=O)NC3=O)CC1. The van der Waals surface area contributed by atoms with Crippen molar-refractivity contribution in [3.63, 3.8) is 0 Å². The van der Waals surface area contributed by atoms with Gasteiger partial charge in [-0.05, 0) is 44.5 Å². The number of carbonyl (C=O) groups is 2. The number of hydrogen-bond donors (Lipinski definition) is 1. The van der Waals surface area contributed by atoms with E-state index in [1.807, 2.05) is 54.6 Å². The van der Waals surface area contributed by atoms with Crippen LogP contribution in [0.15, 0.2) is 54.6 Å². The molecule has 138 valence electrons. The number of amides is 2. The first-order chi connectivity index (χ1) is 13.1. The van der Waals surface area contributed by atoms with Gasteiger partial charge in [0.05, 0.1) is 22.8 Å². The van der Waals surface area contributed by atoms with E-state index in [0.717, 1.165) is 38.0 Å². The molecule has 1 aromatic carbocycles. The zero-order chi connectivity index (χ0) is 18.9. The number of imide groups is 1. The van der Waals surface area contributed by atoms with E-state index in [1.54, 1.807) is 0 Å². The van der Waals surface area contributed by atoms with Crippen molar-refractivity contribution >= 4 is 11.8 Å². The highest BCUT2D eigenvalue weighted by atomic mass is 16.2. The molecule has 1 N–H and O–H groups in total. The molecule has 2 heterocycles. The predicted octanol–water partition coefficient (Wildman–Crippen LogP) is 2.32. The number of nitriles is 1. The Balaban J connectivity index is 1.42. The van der Waals surface area contributed by atoms with Crippen molar-refractivity contribution in [2.24, 2.45) is 11.3 Å². The number of benzene rings is 1. The van der Waals surface area contributed by atoms with Crippen LogP contribution in [0.5, 0.6) is 0 Å². The molecule has 3 aliphatic rings. The van der Waals surface area contributed by atoms with Gasteiger partial charge in [-0.1, -0.05) is 54.6 Å². The molecule has 5 heteroatoms. The van der Waals surface area contributed by atoms with E-state index in [0.29, 0.717) is 6.42 Å². The third kappa shape index (κ3) is 2.90. The van der Waals surface area contributed by atoms with E-state index in [-0.39, 0.29) is 11.8 Å². The average Bonchev–Trinajstić information content (AvgIpc) is 2.98. The number of nitrogens with zero attached hydrogens (tertiary/aromatic N) is 2. The summed E-state index contributed by atoms with van der Waals surface area (Å²) in [7, 11) is 0. The number of allylic oxidation sites excluding steroid dienone is 2. The lowest BCUT2D eigenvalue weighted by Gasteiger charge is -2.39. The average molecular weight is 361 g/mol. The van der Waals surface area contributed by atoms with E-state index in [1.165, 1.54) is 0 Å². The maximum absolute atomic E-state index is 12.5. The molecule has 0 bridgehead atoms. The van der Waals surface area contributed by atoms with Crippen LogP contribution in [0.3, 0.4) is 0 Å². The van der Waals surface area contributed by atoms with Crippen LogP contribution < -0.4 is 5.32 Å². The van der Waals surface area contributed by atoms with Crippen molar-refractivity contribution < 1.29 is 9.59 Å². The second-order valence-electron chi connectivity index (χ2n) is 7.73. The molecule has 2 unspecified atom stereocenters. The summed E-state index contributed by atoms with van der Waals surface area (Å²) in [6, 6.07) is 12.6. The van der Waals surface area contributed by atoms with E-state index < -0.39 is 16.7 Å². The quantitative estimate of drug-likeness (QED) is 0.836. The molecule has 0 aromatic heterocycles. The fraction of sp³-hybridized carbons (Fsp3) is 0.409. The van der Waals surface area contributed by atoms with Gasteiger partial charge in [0.2, 0.25) is 11.8 Å². The largest absolute Gasteiger partial charge is 0.303 e. The molecule has 2 amide bonds. The predicted molar refractivity (Wildman–Crippen MR) is 101 cm³/mol. The van der Waals surface area contributed by atoms with Gasteiger partial charge >= 0.3 is 0 Å². The third-order valence-corrected chi connectivity index (χ3v) is 6.40. The first-order valence-electron chi connectivity index (χ1n) is 9.50. The summed E-state index contributed by atoms with van der Waals surface area (Å²) in [4.78, 5) is 26.9. The minimum Gasteiger partial charge on any atom is -0.303 e. The van der Waals surface area contributed by atoms with Crippen LogP contribution in [0.4, 0.5) is 0 Å². The lowest BCUT2D eigenvalue weighted by molar-refractivity contribution is -0.127. The van der Waals surface area contributed by atoms with Gasteiger partial charge in [0.25, 0.3) is 0 Å². The molecule has 0 radical (unpaired) electrons. The number of nitrogens with one attached hydrogen (secondary N) is 1. The maximum atomic E-state index is 12.5. The highest BCUT2D eigenvalue weighted by molar-refractivity contribution is 6.09. The summed E-state index contributed by atoms with van der Waals surface area (Å²) < 4.78 is 0. The molecule has 2 fully saturated rings. The number of piperidine rings is 1. The number of fused-ring (bicyclic) bond motifs is 1. The van der Waals surface area contributed by atoms with Crippen molar-refractivity contribution in [2.75, 3.05) is 19.6 Å². The summed E-state index contributed by atoms with van der Waals surface area (Å²) >= 11 is 0. The fourth-order valence-corrected chi connectivity index (χ4v) is 4.60. The Kier molecular flexibility index (Phi) is 4.45. The van der Waals surface area contributed by atoms with Crippen molar-refractivity contribution in [1.82, 2.24) is 10.2 Å². The molecule has 2 atom stereocenters. The van der Waals surface area contributed by atoms with E-state index >= 15 is 0 Å². The van der Waals surface area contributed by atoms with Gasteiger partial charge in [0, 0.05) is 0 Å². The molecular weight excluding hydrogens is 338 g/mol. The normalized spacial score (nSPS) is 29.2. The fourth-order valence-electron chi connectivity index (χ4n) is 4.60. The number of rotatable bonds is 4. The summed E-state index contributed by atoms with van der Waals surface area (Å²) in [5.41, 5.74) is -0.0890. The Labute approximate surface area is 159 Å². The Morgan fingerprint density at radius 1 is 1.15 bits per heavy atom. The lowest BCUT2D eigenvalue weighted by Crippen LogP contribution is -2.44. The standard InChI is InChI=1S/C22H23N3O2/c23-16-21(17-6-2-1-3-7-17)10-13-25(14-11-21)15-12-22-9-5-4-8-18(22)19(26)24-20(22)27/h1-9,18H,10-15H2,(H,24,26,27). The number of carbonyl (C=O) groups excluding carboxylic acids is 2. The molecule has 27 heavy (non-hydrogen) atoms. The lowest BCUT2D eigenvalue weighted by atomic mass is 9.71.